The van der Waals surface area contributed by atoms with Gasteiger partial charge in [-0.2, -0.15) is 0 Å². The molecule has 0 amide bonds. The highest BCUT2D eigenvalue weighted by Crippen LogP contribution is 2.29. The first-order chi connectivity index (χ1) is 8.22. The third-order valence-corrected chi connectivity index (χ3v) is 3.46. The smallest absolute Gasteiger partial charge is 0.248 e. The van der Waals surface area contributed by atoms with E-state index in [4.69, 9.17) is 5.73 Å². The fourth-order valence-electron chi connectivity index (χ4n) is 1.63. The highest BCUT2D eigenvalue weighted by atomic mass is 32.1. The minimum Gasteiger partial charge on any atom is -0.399 e. The fourth-order valence-corrected chi connectivity index (χ4v) is 2.62. The number of thiazole rings is 1. The van der Waals surface area contributed by atoms with Crippen LogP contribution in [-0.4, -0.2) is 9.97 Å². The van der Waals surface area contributed by atoms with Crippen molar-refractivity contribution < 1.29 is 0 Å². The van der Waals surface area contributed by atoms with Crippen LogP contribution in [0.4, 0.5) is 5.69 Å². The van der Waals surface area contributed by atoms with E-state index < -0.39 is 0 Å². The molecule has 2 aromatic heterocycles. The lowest BCUT2D eigenvalue weighted by Gasteiger charge is -1.92. The SMILES string of the molecule is Nc1ccc2nc(-c3cccc(=O)[nH]3)sc2c1. The van der Waals surface area contributed by atoms with E-state index in [1.165, 1.54) is 17.4 Å². The summed E-state index contributed by atoms with van der Waals surface area (Å²) in [4.78, 5) is 18.5. The fraction of sp³-hybridized carbons (Fsp3) is 0. The van der Waals surface area contributed by atoms with Crippen molar-refractivity contribution >= 4 is 27.2 Å². The molecular formula is C12H9N3OS. The van der Waals surface area contributed by atoms with Crippen LogP contribution in [0.5, 0.6) is 0 Å². The van der Waals surface area contributed by atoms with Gasteiger partial charge in [0.05, 0.1) is 15.9 Å². The largest absolute Gasteiger partial charge is 0.399 e. The molecule has 17 heavy (non-hydrogen) atoms. The van der Waals surface area contributed by atoms with Crippen molar-refractivity contribution in [2.45, 2.75) is 0 Å². The molecule has 3 aromatic rings. The van der Waals surface area contributed by atoms with Crippen molar-refractivity contribution in [3.63, 3.8) is 0 Å². The Balaban J connectivity index is 2.21. The molecule has 3 rings (SSSR count). The van der Waals surface area contributed by atoms with Gasteiger partial charge in [-0.3, -0.25) is 4.79 Å². The predicted molar refractivity (Wildman–Crippen MR) is 70.1 cm³/mol. The Hall–Kier alpha value is -2.14. The number of nitrogen functional groups attached to an aromatic ring is 1. The Bertz CT molecular complexity index is 745. The average Bonchev–Trinajstić information content (AvgIpc) is 2.72. The summed E-state index contributed by atoms with van der Waals surface area (Å²) in [7, 11) is 0. The quantitative estimate of drug-likeness (QED) is 0.644. The zero-order valence-corrected chi connectivity index (χ0v) is 9.62. The normalized spacial score (nSPS) is 10.8. The van der Waals surface area contributed by atoms with E-state index in [0.717, 1.165) is 20.9 Å². The van der Waals surface area contributed by atoms with Crippen LogP contribution < -0.4 is 11.3 Å². The van der Waals surface area contributed by atoms with Crippen LogP contribution in [0.1, 0.15) is 0 Å². The molecule has 84 valence electrons. The van der Waals surface area contributed by atoms with Crippen molar-refractivity contribution in [2.24, 2.45) is 0 Å². The monoisotopic (exact) mass is 243 g/mol. The molecule has 0 spiro atoms. The first-order valence-corrected chi connectivity index (χ1v) is 5.90. The molecule has 1 aromatic carbocycles. The highest BCUT2D eigenvalue weighted by Gasteiger charge is 2.06. The number of nitrogens with two attached hydrogens (primary N) is 1. The Morgan fingerprint density at radius 1 is 1.24 bits per heavy atom. The van der Waals surface area contributed by atoms with Crippen molar-refractivity contribution in [2.75, 3.05) is 5.73 Å². The van der Waals surface area contributed by atoms with Crippen LogP contribution >= 0.6 is 11.3 Å². The zero-order chi connectivity index (χ0) is 11.8. The topological polar surface area (TPSA) is 71.8 Å². The Morgan fingerprint density at radius 2 is 2.12 bits per heavy atom. The summed E-state index contributed by atoms with van der Waals surface area (Å²) in [5.74, 6) is 0. The molecule has 0 saturated carbocycles. The van der Waals surface area contributed by atoms with Crippen molar-refractivity contribution in [3.8, 4) is 10.7 Å². The molecule has 2 heterocycles. The molecule has 5 heteroatoms. The molecular weight excluding hydrogens is 234 g/mol. The van der Waals surface area contributed by atoms with Crippen LogP contribution in [0.2, 0.25) is 0 Å². The third kappa shape index (κ3) is 1.81. The number of hydrogen-bond acceptors (Lipinski definition) is 4. The van der Waals surface area contributed by atoms with Crippen LogP contribution in [0.25, 0.3) is 20.9 Å². The van der Waals surface area contributed by atoms with E-state index in [-0.39, 0.29) is 5.56 Å². The first-order valence-electron chi connectivity index (χ1n) is 5.08. The number of rotatable bonds is 1. The molecule has 4 nitrogen and oxygen atoms in total. The van der Waals surface area contributed by atoms with Gasteiger partial charge in [0.15, 0.2) is 0 Å². The van der Waals surface area contributed by atoms with Gasteiger partial charge >= 0.3 is 0 Å². The Kier molecular flexibility index (Phi) is 2.19. The van der Waals surface area contributed by atoms with Crippen molar-refractivity contribution in [1.29, 1.82) is 0 Å². The summed E-state index contributed by atoms with van der Waals surface area (Å²) in [6, 6.07) is 10.6. The van der Waals surface area contributed by atoms with Crippen LogP contribution in [0.3, 0.4) is 0 Å². The standard InChI is InChI=1S/C12H9N3OS/c13-7-4-5-8-10(6-7)17-12(15-8)9-2-1-3-11(16)14-9/h1-6H,13H2,(H,14,16). The highest BCUT2D eigenvalue weighted by molar-refractivity contribution is 7.21. The van der Waals surface area contributed by atoms with Crippen LogP contribution in [-0.2, 0) is 0 Å². The van der Waals surface area contributed by atoms with E-state index in [9.17, 15) is 4.79 Å². The summed E-state index contributed by atoms with van der Waals surface area (Å²) in [5.41, 5.74) is 7.94. The minimum absolute atomic E-state index is 0.124. The molecule has 0 fully saturated rings. The van der Waals surface area contributed by atoms with Gasteiger partial charge < -0.3 is 10.7 Å². The first kappa shape index (κ1) is 10.0. The summed E-state index contributed by atoms with van der Waals surface area (Å²) in [5, 5.41) is 0.795. The maximum absolute atomic E-state index is 11.2. The molecule has 0 radical (unpaired) electrons. The number of aromatic amines is 1. The lowest BCUT2D eigenvalue weighted by molar-refractivity contribution is 1.23. The zero-order valence-electron chi connectivity index (χ0n) is 8.81. The number of H-pyrrole nitrogens is 1. The molecule has 0 atom stereocenters. The number of fused-ring (bicyclic) bond motifs is 1. The Morgan fingerprint density at radius 3 is 2.94 bits per heavy atom. The molecule has 0 unspecified atom stereocenters. The second kappa shape index (κ2) is 3.71. The number of nitrogens with one attached hydrogen (secondary N) is 1. The second-order valence-electron chi connectivity index (χ2n) is 3.67. The molecule has 0 aliphatic rings. The van der Waals surface area contributed by atoms with E-state index in [1.54, 1.807) is 6.07 Å². The van der Waals surface area contributed by atoms with Gasteiger partial charge in [0, 0.05) is 11.8 Å². The molecule has 3 N–H and O–H groups in total. The van der Waals surface area contributed by atoms with E-state index in [2.05, 4.69) is 9.97 Å². The summed E-state index contributed by atoms with van der Waals surface area (Å²) >= 11 is 1.51. The lowest BCUT2D eigenvalue weighted by Crippen LogP contribution is -2.03. The molecule has 0 aliphatic heterocycles. The maximum Gasteiger partial charge on any atom is 0.248 e. The van der Waals surface area contributed by atoms with Crippen LogP contribution in [0.15, 0.2) is 41.2 Å². The van der Waals surface area contributed by atoms with Gasteiger partial charge in [0.1, 0.15) is 5.01 Å². The average molecular weight is 243 g/mol. The number of hydrogen-bond donors (Lipinski definition) is 2. The summed E-state index contributed by atoms with van der Waals surface area (Å²) in [6.07, 6.45) is 0. The van der Waals surface area contributed by atoms with E-state index in [1.807, 2.05) is 24.3 Å². The second-order valence-corrected chi connectivity index (χ2v) is 4.71. The number of aromatic nitrogens is 2. The maximum atomic E-state index is 11.2. The summed E-state index contributed by atoms with van der Waals surface area (Å²) < 4.78 is 1.02. The van der Waals surface area contributed by atoms with Gasteiger partial charge in [-0.1, -0.05) is 6.07 Å². The van der Waals surface area contributed by atoms with Gasteiger partial charge in [-0.15, -0.1) is 11.3 Å². The molecule has 0 bridgehead atoms. The summed E-state index contributed by atoms with van der Waals surface area (Å²) in [6.45, 7) is 0. The van der Waals surface area contributed by atoms with Gasteiger partial charge in [0.2, 0.25) is 5.56 Å². The minimum atomic E-state index is -0.124. The number of anilines is 1. The Labute approximate surface area is 101 Å². The number of nitrogens with zero attached hydrogens (tertiary/aromatic N) is 1. The van der Waals surface area contributed by atoms with Crippen LogP contribution in [0, 0.1) is 0 Å². The van der Waals surface area contributed by atoms with Gasteiger partial charge in [-0.05, 0) is 24.3 Å². The lowest BCUT2D eigenvalue weighted by atomic mass is 10.3. The number of benzene rings is 1. The van der Waals surface area contributed by atoms with Gasteiger partial charge in [-0.25, -0.2) is 4.98 Å². The van der Waals surface area contributed by atoms with E-state index >= 15 is 0 Å². The third-order valence-electron chi connectivity index (χ3n) is 2.41. The molecule has 0 aliphatic carbocycles. The molecule has 0 saturated heterocycles. The van der Waals surface area contributed by atoms with Crippen molar-refractivity contribution in [1.82, 2.24) is 9.97 Å². The van der Waals surface area contributed by atoms with Gasteiger partial charge in [0.25, 0.3) is 0 Å². The predicted octanol–water partition coefficient (Wildman–Crippen LogP) is 2.23. The van der Waals surface area contributed by atoms with E-state index in [0.29, 0.717) is 5.69 Å². The number of pyridine rings is 1. The van der Waals surface area contributed by atoms with Crippen molar-refractivity contribution in [3.05, 3.63) is 46.8 Å².